The summed E-state index contributed by atoms with van der Waals surface area (Å²) in [5, 5.41) is 0. The summed E-state index contributed by atoms with van der Waals surface area (Å²) < 4.78 is 19.2. The van der Waals surface area contributed by atoms with Crippen molar-refractivity contribution < 1.29 is 14.2 Å². The van der Waals surface area contributed by atoms with Crippen LogP contribution < -0.4 is 0 Å². The average molecular weight is 629 g/mol. The molecule has 4 aliphatic rings. The molecule has 0 N–H and O–H groups in total. The van der Waals surface area contributed by atoms with Crippen LogP contribution in [-0.4, -0.2) is 37.1 Å². The fourth-order valence-corrected chi connectivity index (χ4v) is 10.4. The SMILES string of the molecule is CC(C)CCCC(C)C1CCC2C3CC=C4CC(OCC(C)(C)OCCC(C)(C)OCCC(C)(C)C)CC[C@]4(C)C3CC[C@]12C. The number of hydrogen-bond donors (Lipinski definition) is 0. The van der Waals surface area contributed by atoms with Crippen molar-refractivity contribution in [3.05, 3.63) is 11.6 Å². The molecule has 0 saturated heterocycles. The van der Waals surface area contributed by atoms with E-state index >= 15 is 0 Å². The molecule has 262 valence electrons. The summed E-state index contributed by atoms with van der Waals surface area (Å²) in [5.41, 5.74) is 2.54. The highest BCUT2D eigenvalue weighted by atomic mass is 16.5. The first-order chi connectivity index (χ1) is 20.9. The van der Waals surface area contributed by atoms with Crippen molar-refractivity contribution in [3.8, 4) is 0 Å². The molecule has 0 aromatic rings. The Morgan fingerprint density at radius 2 is 1.49 bits per heavy atom. The number of rotatable bonds is 15. The van der Waals surface area contributed by atoms with E-state index in [1.165, 1.54) is 64.2 Å². The van der Waals surface area contributed by atoms with Crippen LogP contribution in [0.15, 0.2) is 11.6 Å². The summed E-state index contributed by atoms with van der Waals surface area (Å²) in [6.45, 7) is 30.5. The van der Waals surface area contributed by atoms with E-state index in [0.29, 0.717) is 35.6 Å². The van der Waals surface area contributed by atoms with Gasteiger partial charge in [-0.3, -0.25) is 0 Å². The van der Waals surface area contributed by atoms with E-state index in [1.54, 1.807) is 5.57 Å². The third kappa shape index (κ3) is 9.41. The standard InChI is InChI=1S/C42H76O3/c1-30(2)14-13-15-31(3)35-18-19-36-34-17-16-32-28-33(20-22-41(32,11)37(34)21-23-42(35,36)12)43-29-40(9,10)45-27-25-39(7,8)44-26-24-38(4,5)6/h16,30-31,33-37H,13-15,17-29H2,1-12H3/t31?,33?,34?,35?,36?,37?,41-,42+/m0/s1. The zero-order chi connectivity index (χ0) is 33.3. The fourth-order valence-electron chi connectivity index (χ4n) is 10.4. The zero-order valence-corrected chi connectivity index (χ0v) is 32.2. The first kappa shape index (κ1) is 37.4. The maximum atomic E-state index is 6.64. The second-order valence-corrected chi connectivity index (χ2v) is 19.7. The van der Waals surface area contributed by atoms with E-state index in [0.717, 1.165) is 61.4 Å². The number of ether oxygens (including phenoxy) is 3. The molecule has 4 rings (SSSR count). The number of allylic oxidation sites excluding steroid dienone is 1. The molecule has 3 nitrogen and oxygen atoms in total. The van der Waals surface area contributed by atoms with Crippen molar-refractivity contribution in [1.29, 1.82) is 0 Å². The topological polar surface area (TPSA) is 27.7 Å². The van der Waals surface area contributed by atoms with Crippen LogP contribution in [0.5, 0.6) is 0 Å². The molecular weight excluding hydrogens is 552 g/mol. The van der Waals surface area contributed by atoms with Crippen LogP contribution in [0, 0.1) is 51.8 Å². The summed E-state index contributed by atoms with van der Waals surface area (Å²) in [7, 11) is 0. The van der Waals surface area contributed by atoms with Gasteiger partial charge in [-0.25, -0.2) is 0 Å². The highest BCUT2D eigenvalue weighted by Gasteiger charge is 2.59. The van der Waals surface area contributed by atoms with Crippen molar-refractivity contribution in [1.82, 2.24) is 0 Å². The van der Waals surface area contributed by atoms with Gasteiger partial charge in [0.15, 0.2) is 0 Å². The summed E-state index contributed by atoms with van der Waals surface area (Å²) in [6.07, 6.45) is 20.1. The van der Waals surface area contributed by atoms with Gasteiger partial charge in [0.25, 0.3) is 0 Å². The Labute approximate surface area is 280 Å². The molecule has 8 atom stereocenters. The van der Waals surface area contributed by atoms with E-state index < -0.39 is 0 Å². The monoisotopic (exact) mass is 629 g/mol. The lowest BCUT2D eigenvalue weighted by Crippen LogP contribution is -2.51. The van der Waals surface area contributed by atoms with Gasteiger partial charge in [-0.05, 0) is 144 Å². The first-order valence-corrected chi connectivity index (χ1v) is 19.4. The Balaban J connectivity index is 1.26. The molecule has 0 amide bonds. The van der Waals surface area contributed by atoms with Gasteiger partial charge >= 0.3 is 0 Å². The molecule has 3 saturated carbocycles. The lowest BCUT2D eigenvalue weighted by molar-refractivity contribution is -0.120. The zero-order valence-electron chi connectivity index (χ0n) is 32.2. The van der Waals surface area contributed by atoms with Crippen LogP contribution in [0.1, 0.15) is 167 Å². The van der Waals surface area contributed by atoms with Gasteiger partial charge in [0.1, 0.15) is 0 Å². The molecular formula is C42H76O3. The third-order valence-electron chi connectivity index (χ3n) is 13.5. The maximum Gasteiger partial charge on any atom is 0.0859 e. The Morgan fingerprint density at radius 3 is 2.18 bits per heavy atom. The van der Waals surface area contributed by atoms with Crippen LogP contribution in [0.3, 0.4) is 0 Å². The summed E-state index contributed by atoms with van der Waals surface area (Å²) >= 11 is 0. The molecule has 0 aromatic heterocycles. The van der Waals surface area contributed by atoms with Crippen LogP contribution in [0.2, 0.25) is 0 Å². The van der Waals surface area contributed by atoms with E-state index in [9.17, 15) is 0 Å². The maximum absolute atomic E-state index is 6.64. The highest BCUT2D eigenvalue weighted by molar-refractivity contribution is 5.25. The molecule has 0 radical (unpaired) electrons. The molecule has 3 heteroatoms. The van der Waals surface area contributed by atoms with Gasteiger partial charge in [-0.15, -0.1) is 0 Å². The predicted octanol–water partition coefficient (Wildman–Crippen LogP) is 11.8. The molecule has 0 bridgehead atoms. The summed E-state index contributed by atoms with van der Waals surface area (Å²) in [6, 6.07) is 0. The number of fused-ring (bicyclic) bond motifs is 5. The quantitative estimate of drug-likeness (QED) is 0.169. The summed E-state index contributed by atoms with van der Waals surface area (Å²) in [4.78, 5) is 0. The third-order valence-corrected chi connectivity index (χ3v) is 13.5. The van der Waals surface area contributed by atoms with Crippen molar-refractivity contribution >= 4 is 0 Å². The minimum absolute atomic E-state index is 0.164. The average Bonchev–Trinajstić information content (AvgIpc) is 3.28. The molecule has 0 heterocycles. The second kappa shape index (κ2) is 14.6. The van der Waals surface area contributed by atoms with Crippen LogP contribution in [0.4, 0.5) is 0 Å². The minimum Gasteiger partial charge on any atom is -0.375 e. The molecule has 4 aliphatic carbocycles. The van der Waals surface area contributed by atoms with Crippen LogP contribution in [0.25, 0.3) is 0 Å². The van der Waals surface area contributed by atoms with Gasteiger partial charge in [0, 0.05) is 6.61 Å². The van der Waals surface area contributed by atoms with Gasteiger partial charge in [-0.1, -0.05) is 86.3 Å². The van der Waals surface area contributed by atoms with Crippen LogP contribution >= 0.6 is 0 Å². The Hall–Kier alpha value is -0.380. The lowest BCUT2D eigenvalue weighted by Gasteiger charge is -2.58. The minimum atomic E-state index is -0.285. The Bertz CT molecular complexity index is 971. The summed E-state index contributed by atoms with van der Waals surface area (Å²) in [5.74, 6) is 5.38. The smallest absolute Gasteiger partial charge is 0.0859 e. The van der Waals surface area contributed by atoms with Crippen molar-refractivity contribution in [2.45, 2.75) is 184 Å². The van der Waals surface area contributed by atoms with Gasteiger partial charge in [0.05, 0.1) is 30.5 Å². The van der Waals surface area contributed by atoms with Gasteiger partial charge < -0.3 is 14.2 Å². The van der Waals surface area contributed by atoms with E-state index in [4.69, 9.17) is 14.2 Å². The molecule has 0 aliphatic heterocycles. The lowest BCUT2D eigenvalue weighted by atomic mass is 9.47. The van der Waals surface area contributed by atoms with Crippen LogP contribution in [-0.2, 0) is 14.2 Å². The molecule has 3 fully saturated rings. The molecule has 0 spiro atoms. The second-order valence-electron chi connectivity index (χ2n) is 19.7. The van der Waals surface area contributed by atoms with E-state index in [-0.39, 0.29) is 11.2 Å². The van der Waals surface area contributed by atoms with E-state index in [1.807, 2.05) is 0 Å². The fraction of sp³-hybridized carbons (Fsp3) is 0.952. The van der Waals surface area contributed by atoms with Gasteiger partial charge in [-0.2, -0.15) is 0 Å². The van der Waals surface area contributed by atoms with Crippen molar-refractivity contribution in [2.24, 2.45) is 51.8 Å². The molecule has 45 heavy (non-hydrogen) atoms. The molecule has 6 unspecified atom stereocenters. The first-order valence-electron chi connectivity index (χ1n) is 19.4. The normalized spacial score (nSPS) is 34.7. The largest absolute Gasteiger partial charge is 0.375 e. The van der Waals surface area contributed by atoms with Crippen molar-refractivity contribution in [3.63, 3.8) is 0 Å². The van der Waals surface area contributed by atoms with E-state index in [2.05, 4.69) is 89.2 Å². The Morgan fingerprint density at radius 1 is 0.800 bits per heavy atom. The highest BCUT2D eigenvalue weighted by Crippen LogP contribution is 2.67. The predicted molar refractivity (Wildman–Crippen MR) is 192 cm³/mol. The number of hydrogen-bond acceptors (Lipinski definition) is 3. The van der Waals surface area contributed by atoms with Crippen molar-refractivity contribution in [2.75, 3.05) is 19.8 Å². The Kier molecular flexibility index (Phi) is 12.2. The van der Waals surface area contributed by atoms with Gasteiger partial charge in [0.2, 0.25) is 0 Å². The molecule has 0 aromatic carbocycles.